The van der Waals surface area contributed by atoms with Crippen molar-refractivity contribution >= 4 is 11.8 Å². The minimum Gasteiger partial charge on any atom is -0.465 e. The summed E-state index contributed by atoms with van der Waals surface area (Å²) in [6.45, 7) is 6.44. The maximum Gasteiger partial charge on any atom is 0.337 e. The highest BCUT2D eigenvalue weighted by Gasteiger charge is 2.27. The number of ketones is 1. The van der Waals surface area contributed by atoms with Crippen molar-refractivity contribution in [1.29, 1.82) is 0 Å². The number of hydrogen-bond acceptors (Lipinski definition) is 5. The van der Waals surface area contributed by atoms with Crippen LogP contribution in [0.4, 0.5) is 0 Å². The molecule has 4 aromatic rings. The van der Waals surface area contributed by atoms with E-state index in [9.17, 15) is 9.59 Å². The average Bonchev–Trinajstić information content (AvgIpc) is 3.42. The van der Waals surface area contributed by atoms with Crippen molar-refractivity contribution in [2.45, 2.75) is 64.2 Å². The second-order valence-corrected chi connectivity index (χ2v) is 11.4. The molecule has 0 bridgehead atoms. The molecule has 1 heterocycles. The molecule has 1 aliphatic carbocycles. The van der Waals surface area contributed by atoms with Gasteiger partial charge in [0.2, 0.25) is 0 Å². The van der Waals surface area contributed by atoms with E-state index in [2.05, 4.69) is 38.1 Å². The Bertz CT molecular complexity index is 1450. The topological polar surface area (TPSA) is 69.4 Å². The van der Waals surface area contributed by atoms with Gasteiger partial charge in [-0.2, -0.15) is 0 Å². The van der Waals surface area contributed by atoms with Crippen LogP contribution in [0.25, 0.3) is 22.6 Å². The second-order valence-electron chi connectivity index (χ2n) is 11.4. The van der Waals surface area contributed by atoms with Crippen LogP contribution in [-0.2, 0) is 10.2 Å². The lowest BCUT2D eigenvalue weighted by atomic mass is 9.83. The van der Waals surface area contributed by atoms with Crippen LogP contribution in [0.1, 0.15) is 96.2 Å². The molecular formula is C34H35NO4. The highest BCUT2D eigenvalue weighted by molar-refractivity contribution is 6.15. The molecule has 5 heteroatoms. The number of rotatable bonds is 6. The van der Waals surface area contributed by atoms with E-state index < -0.39 is 5.97 Å². The molecule has 39 heavy (non-hydrogen) atoms. The Labute approximate surface area is 230 Å². The van der Waals surface area contributed by atoms with Gasteiger partial charge in [-0.1, -0.05) is 106 Å². The average molecular weight is 522 g/mol. The zero-order valence-corrected chi connectivity index (χ0v) is 23.1. The molecular weight excluding hydrogens is 486 g/mol. The van der Waals surface area contributed by atoms with Gasteiger partial charge in [0, 0.05) is 16.7 Å². The third kappa shape index (κ3) is 5.58. The van der Waals surface area contributed by atoms with Gasteiger partial charge in [-0.25, -0.2) is 4.79 Å². The van der Waals surface area contributed by atoms with E-state index in [0.29, 0.717) is 39.6 Å². The molecule has 1 fully saturated rings. The highest BCUT2D eigenvalue weighted by Crippen LogP contribution is 2.37. The van der Waals surface area contributed by atoms with Crippen LogP contribution >= 0.6 is 0 Å². The number of carbonyl (C=O) groups is 2. The van der Waals surface area contributed by atoms with Crippen LogP contribution in [0.3, 0.4) is 0 Å². The summed E-state index contributed by atoms with van der Waals surface area (Å²) in [5.41, 5.74) is 5.82. The van der Waals surface area contributed by atoms with E-state index in [-0.39, 0.29) is 11.2 Å². The fraction of sp³-hybridized carbons (Fsp3) is 0.324. The molecule has 1 aliphatic rings. The Morgan fingerprint density at radius 3 is 1.97 bits per heavy atom. The Balaban J connectivity index is 1.56. The van der Waals surface area contributed by atoms with E-state index in [1.807, 2.05) is 36.4 Å². The van der Waals surface area contributed by atoms with E-state index in [4.69, 9.17) is 9.26 Å². The maximum atomic E-state index is 14.0. The Morgan fingerprint density at radius 2 is 1.38 bits per heavy atom. The smallest absolute Gasteiger partial charge is 0.337 e. The van der Waals surface area contributed by atoms with Gasteiger partial charge in [0.25, 0.3) is 0 Å². The van der Waals surface area contributed by atoms with Crippen molar-refractivity contribution in [3.8, 4) is 22.6 Å². The Hall–Kier alpha value is -3.99. The number of carbonyl (C=O) groups excluding carboxylic acids is 2. The van der Waals surface area contributed by atoms with Gasteiger partial charge in [-0.05, 0) is 47.4 Å². The van der Waals surface area contributed by atoms with Crippen LogP contribution in [-0.4, -0.2) is 24.0 Å². The van der Waals surface area contributed by atoms with Gasteiger partial charge in [0.05, 0.1) is 18.2 Å². The zero-order chi connectivity index (χ0) is 27.6. The van der Waals surface area contributed by atoms with E-state index in [1.165, 1.54) is 44.8 Å². The number of nitrogens with zero attached hydrogens (tertiary/aromatic N) is 1. The fourth-order valence-electron chi connectivity index (χ4n) is 5.39. The molecule has 1 saturated carbocycles. The Kier molecular flexibility index (Phi) is 7.51. The molecule has 5 nitrogen and oxygen atoms in total. The van der Waals surface area contributed by atoms with Gasteiger partial charge < -0.3 is 9.26 Å². The molecule has 200 valence electrons. The molecule has 0 aliphatic heterocycles. The van der Waals surface area contributed by atoms with Crippen LogP contribution in [0.15, 0.2) is 77.3 Å². The molecule has 0 amide bonds. The number of hydrogen-bond donors (Lipinski definition) is 0. The molecule has 0 N–H and O–H groups in total. The number of benzene rings is 3. The molecule has 5 rings (SSSR count). The largest absolute Gasteiger partial charge is 0.465 e. The second kappa shape index (κ2) is 11.0. The number of aromatic nitrogens is 1. The minimum absolute atomic E-state index is 0.0173. The quantitative estimate of drug-likeness (QED) is 0.188. The van der Waals surface area contributed by atoms with Crippen LogP contribution in [0.2, 0.25) is 0 Å². The van der Waals surface area contributed by atoms with Gasteiger partial charge >= 0.3 is 5.97 Å². The molecule has 0 spiro atoms. The molecule has 0 unspecified atom stereocenters. The van der Waals surface area contributed by atoms with Gasteiger partial charge in [-0.15, -0.1) is 0 Å². The van der Waals surface area contributed by atoms with Crippen molar-refractivity contribution in [1.82, 2.24) is 5.16 Å². The summed E-state index contributed by atoms with van der Waals surface area (Å²) >= 11 is 0. The first-order valence-corrected chi connectivity index (χ1v) is 13.7. The predicted octanol–water partition coefficient (Wildman–Crippen LogP) is 8.37. The lowest BCUT2D eigenvalue weighted by Crippen LogP contribution is -2.11. The molecule has 0 atom stereocenters. The number of methoxy groups -OCH3 is 1. The number of esters is 1. The summed E-state index contributed by atoms with van der Waals surface area (Å²) in [6, 6.07) is 23.0. The lowest BCUT2D eigenvalue weighted by molar-refractivity contribution is 0.0600. The minimum atomic E-state index is -0.421. The first-order valence-electron chi connectivity index (χ1n) is 13.7. The monoisotopic (exact) mass is 521 g/mol. The summed E-state index contributed by atoms with van der Waals surface area (Å²) in [6.07, 6.45) is 6.32. The number of ether oxygens (including phenoxy) is 1. The summed E-state index contributed by atoms with van der Waals surface area (Å²) in [7, 11) is 1.35. The summed E-state index contributed by atoms with van der Waals surface area (Å²) in [4.78, 5) is 26.0. The predicted molar refractivity (Wildman–Crippen MR) is 153 cm³/mol. The third-order valence-corrected chi connectivity index (χ3v) is 7.76. The van der Waals surface area contributed by atoms with Gasteiger partial charge in [-0.3, -0.25) is 4.79 Å². The van der Waals surface area contributed by atoms with Crippen LogP contribution < -0.4 is 0 Å². The van der Waals surface area contributed by atoms with Crippen molar-refractivity contribution in [2.24, 2.45) is 0 Å². The molecule has 0 saturated heterocycles. The van der Waals surface area contributed by atoms with E-state index >= 15 is 0 Å². The molecule has 1 aromatic heterocycles. The van der Waals surface area contributed by atoms with Crippen molar-refractivity contribution in [3.05, 3.63) is 101 Å². The van der Waals surface area contributed by atoms with Crippen molar-refractivity contribution in [3.63, 3.8) is 0 Å². The molecule has 0 radical (unpaired) electrons. The zero-order valence-electron chi connectivity index (χ0n) is 23.1. The van der Waals surface area contributed by atoms with Crippen LogP contribution in [0, 0.1) is 0 Å². The van der Waals surface area contributed by atoms with E-state index in [1.54, 1.807) is 24.3 Å². The van der Waals surface area contributed by atoms with Crippen LogP contribution in [0.5, 0.6) is 0 Å². The normalized spacial score (nSPS) is 14.3. The first-order chi connectivity index (χ1) is 18.8. The summed E-state index contributed by atoms with van der Waals surface area (Å²) in [5, 5.41) is 4.36. The standard InChI is InChI=1S/C34H35NO4/c1-34(2,3)28-20-18-25(19-21-28)31(36)29-30(24-12-16-27(17-13-24)33(37)38-4)35-39-32(29)26-14-10-23(11-15-26)22-8-6-5-7-9-22/h10-22H,5-9H2,1-4H3. The Morgan fingerprint density at radius 1 is 0.795 bits per heavy atom. The lowest BCUT2D eigenvalue weighted by Gasteiger charge is -2.22. The van der Waals surface area contributed by atoms with Crippen molar-refractivity contribution in [2.75, 3.05) is 7.11 Å². The third-order valence-electron chi connectivity index (χ3n) is 7.76. The van der Waals surface area contributed by atoms with Gasteiger partial charge in [0.15, 0.2) is 11.5 Å². The first kappa shape index (κ1) is 26.6. The SMILES string of the molecule is COC(=O)c1ccc(-c2noc(-c3ccc(C4CCCCC4)cc3)c2C(=O)c2ccc(C(C)(C)C)cc2)cc1. The fourth-order valence-corrected chi connectivity index (χ4v) is 5.39. The molecule has 3 aromatic carbocycles. The summed E-state index contributed by atoms with van der Waals surface area (Å²) in [5.74, 6) is 0.460. The maximum absolute atomic E-state index is 14.0. The van der Waals surface area contributed by atoms with Gasteiger partial charge in [0.1, 0.15) is 5.69 Å². The summed E-state index contributed by atoms with van der Waals surface area (Å²) < 4.78 is 10.7. The highest BCUT2D eigenvalue weighted by atomic mass is 16.5. The van der Waals surface area contributed by atoms with Crippen molar-refractivity contribution < 1.29 is 18.8 Å². The van der Waals surface area contributed by atoms with E-state index in [0.717, 1.165) is 11.1 Å².